The van der Waals surface area contributed by atoms with Gasteiger partial charge in [0.15, 0.2) is 0 Å². The molecule has 0 aliphatic carbocycles. The van der Waals surface area contributed by atoms with Crippen molar-refractivity contribution in [2.45, 2.75) is 39.7 Å². The minimum Gasteiger partial charge on any atom is -0.462 e. The van der Waals surface area contributed by atoms with Crippen molar-refractivity contribution in [3.8, 4) is 0 Å². The first-order chi connectivity index (χ1) is 12.7. The molecule has 0 unspecified atom stereocenters. The maximum absolute atomic E-state index is 12.1. The molecule has 1 aliphatic heterocycles. The van der Waals surface area contributed by atoms with Crippen molar-refractivity contribution < 1.29 is 9.53 Å². The van der Waals surface area contributed by atoms with E-state index in [1.165, 1.54) is 44.1 Å². The van der Waals surface area contributed by atoms with Crippen LogP contribution in [0.2, 0.25) is 0 Å². The standard InChI is InChI=1S/C20H26N4O2/c1-3-26-20(25)18-13-21-15(2)22-19(18)23-17-9-7-16(8-10-17)14-24-11-5-4-6-12-24/h7-10,13H,3-6,11-12,14H2,1-2H3,(H,21,22,23). The van der Waals surface area contributed by atoms with Crippen LogP contribution in [0.5, 0.6) is 0 Å². The fourth-order valence-electron chi connectivity index (χ4n) is 3.13. The van der Waals surface area contributed by atoms with Gasteiger partial charge in [0.1, 0.15) is 17.2 Å². The summed E-state index contributed by atoms with van der Waals surface area (Å²) in [6, 6.07) is 8.28. The van der Waals surface area contributed by atoms with Crippen molar-refractivity contribution in [1.82, 2.24) is 14.9 Å². The van der Waals surface area contributed by atoms with Gasteiger partial charge < -0.3 is 10.1 Å². The molecule has 1 aromatic carbocycles. The minimum atomic E-state index is -0.420. The molecule has 0 spiro atoms. The number of aromatic nitrogens is 2. The van der Waals surface area contributed by atoms with Gasteiger partial charge in [0.25, 0.3) is 0 Å². The molecule has 1 N–H and O–H groups in total. The van der Waals surface area contributed by atoms with Crippen molar-refractivity contribution in [1.29, 1.82) is 0 Å². The molecule has 6 nitrogen and oxygen atoms in total. The number of carbonyl (C=O) groups is 1. The number of aryl methyl sites for hydroxylation is 1. The summed E-state index contributed by atoms with van der Waals surface area (Å²) in [6.45, 7) is 7.24. The number of ether oxygens (including phenoxy) is 1. The highest BCUT2D eigenvalue weighted by Crippen LogP contribution is 2.21. The zero-order valence-electron chi connectivity index (χ0n) is 15.5. The number of rotatable bonds is 6. The van der Waals surface area contributed by atoms with Gasteiger partial charge in [0.2, 0.25) is 0 Å². The summed E-state index contributed by atoms with van der Waals surface area (Å²) in [4.78, 5) is 23.1. The Labute approximate surface area is 154 Å². The molecule has 2 aromatic rings. The van der Waals surface area contributed by atoms with Crippen molar-refractivity contribution in [2.75, 3.05) is 25.0 Å². The molecule has 0 amide bonds. The van der Waals surface area contributed by atoms with Gasteiger partial charge in [-0.1, -0.05) is 18.6 Å². The number of anilines is 2. The Bertz CT molecular complexity index is 740. The first kappa shape index (κ1) is 18.3. The molecule has 1 aromatic heterocycles. The van der Waals surface area contributed by atoms with E-state index >= 15 is 0 Å². The van der Waals surface area contributed by atoms with E-state index in [-0.39, 0.29) is 0 Å². The number of nitrogens with one attached hydrogen (secondary N) is 1. The molecule has 0 atom stereocenters. The molecule has 1 aliphatic rings. The SMILES string of the molecule is CCOC(=O)c1cnc(C)nc1Nc1ccc(CN2CCCCC2)cc1. The molecule has 26 heavy (non-hydrogen) atoms. The predicted molar refractivity (Wildman–Crippen MR) is 102 cm³/mol. The molecule has 3 rings (SSSR count). The normalized spacial score (nSPS) is 14.8. The average molecular weight is 354 g/mol. The molecular formula is C20H26N4O2. The lowest BCUT2D eigenvalue weighted by Crippen LogP contribution is -2.29. The van der Waals surface area contributed by atoms with Gasteiger partial charge in [-0.3, -0.25) is 4.90 Å². The molecule has 0 bridgehead atoms. The van der Waals surface area contributed by atoms with Crippen LogP contribution >= 0.6 is 0 Å². The molecule has 2 heterocycles. The first-order valence-corrected chi connectivity index (χ1v) is 9.25. The fourth-order valence-corrected chi connectivity index (χ4v) is 3.13. The third-order valence-corrected chi connectivity index (χ3v) is 4.48. The topological polar surface area (TPSA) is 67.3 Å². The monoisotopic (exact) mass is 354 g/mol. The number of hydrogen-bond donors (Lipinski definition) is 1. The smallest absolute Gasteiger partial charge is 0.343 e. The summed E-state index contributed by atoms with van der Waals surface area (Å²) < 4.78 is 5.09. The van der Waals surface area contributed by atoms with Crippen LogP contribution in [0.15, 0.2) is 30.5 Å². The summed E-state index contributed by atoms with van der Waals surface area (Å²) in [5.74, 6) is 0.652. The largest absolute Gasteiger partial charge is 0.462 e. The Morgan fingerprint density at radius 1 is 1.19 bits per heavy atom. The van der Waals surface area contributed by atoms with Crippen LogP contribution in [0.25, 0.3) is 0 Å². The molecule has 1 saturated heterocycles. The van der Waals surface area contributed by atoms with Crippen LogP contribution in [0.3, 0.4) is 0 Å². The zero-order chi connectivity index (χ0) is 18.4. The van der Waals surface area contributed by atoms with Gasteiger partial charge in [-0.15, -0.1) is 0 Å². The number of piperidine rings is 1. The van der Waals surface area contributed by atoms with Crippen LogP contribution in [0.1, 0.15) is 47.9 Å². The summed E-state index contributed by atoms with van der Waals surface area (Å²) in [5, 5.41) is 3.22. The summed E-state index contributed by atoms with van der Waals surface area (Å²) in [7, 11) is 0. The van der Waals surface area contributed by atoms with Gasteiger partial charge in [0.05, 0.1) is 6.61 Å². The van der Waals surface area contributed by atoms with Gasteiger partial charge in [-0.25, -0.2) is 14.8 Å². The van der Waals surface area contributed by atoms with Gasteiger partial charge in [0, 0.05) is 18.4 Å². The van der Waals surface area contributed by atoms with Crippen LogP contribution in [-0.2, 0) is 11.3 Å². The highest BCUT2D eigenvalue weighted by Gasteiger charge is 2.15. The van der Waals surface area contributed by atoms with Crippen LogP contribution in [-0.4, -0.2) is 40.5 Å². The summed E-state index contributed by atoms with van der Waals surface area (Å²) in [6.07, 6.45) is 5.45. The Morgan fingerprint density at radius 2 is 1.92 bits per heavy atom. The first-order valence-electron chi connectivity index (χ1n) is 9.25. The van der Waals surface area contributed by atoms with Gasteiger partial charge >= 0.3 is 5.97 Å². The van der Waals surface area contributed by atoms with Gasteiger partial charge in [-0.05, 0) is 57.5 Å². The van der Waals surface area contributed by atoms with E-state index in [1.807, 2.05) is 12.1 Å². The predicted octanol–water partition coefficient (Wildman–Crippen LogP) is 3.69. The van der Waals surface area contributed by atoms with Gasteiger partial charge in [-0.2, -0.15) is 0 Å². The lowest BCUT2D eigenvalue weighted by molar-refractivity contribution is 0.0526. The quantitative estimate of drug-likeness (QED) is 0.798. The Kier molecular flexibility index (Phi) is 6.17. The van der Waals surface area contributed by atoms with E-state index in [4.69, 9.17) is 4.74 Å². The van der Waals surface area contributed by atoms with E-state index in [0.717, 1.165) is 12.2 Å². The Hall–Kier alpha value is -2.47. The van der Waals surface area contributed by atoms with Crippen LogP contribution < -0.4 is 5.32 Å². The molecular weight excluding hydrogens is 328 g/mol. The van der Waals surface area contributed by atoms with E-state index in [0.29, 0.717) is 23.8 Å². The summed E-state index contributed by atoms with van der Waals surface area (Å²) in [5.41, 5.74) is 2.52. The maximum atomic E-state index is 12.1. The van der Waals surface area contributed by atoms with Crippen molar-refractivity contribution in [3.05, 3.63) is 47.4 Å². The number of carbonyl (C=O) groups excluding carboxylic acids is 1. The Balaban J connectivity index is 1.70. The molecule has 1 fully saturated rings. The lowest BCUT2D eigenvalue weighted by Gasteiger charge is -2.26. The Morgan fingerprint density at radius 3 is 2.62 bits per heavy atom. The summed E-state index contributed by atoms with van der Waals surface area (Å²) >= 11 is 0. The van der Waals surface area contributed by atoms with E-state index < -0.39 is 5.97 Å². The fraction of sp³-hybridized carbons (Fsp3) is 0.450. The van der Waals surface area contributed by atoms with E-state index in [9.17, 15) is 4.79 Å². The van der Waals surface area contributed by atoms with E-state index in [2.05, 4.69) is 32.3 Å². The van der Waals surface area contributed by atoms with Crippen LogP contribution in [0, 0.1) is 6.92 Å². The zero-order valence-corrected chi connectivity index (χ0v) is 15.5. The number of esters is 1. The third-order valence-electron chi connectivity index (χ3n) is 4.48. The third kappa shape index (κ3) is 4.79. The minimum absolute atomic E-state index is 0.317. The molecule has 0 saturated carbocycles. The maximum Gasteiger partial charge on any atom is 0.343 e. The average Bonchev–Trinajstić information content (AvgIpc) is 2.64. The van der Waals surface area contributed by atoms with Crippen molar-refractivity contribution in [3.63, 3.8) is 0 Å². The molecule has 138 valence electrons. The number of benzene rings is 1. The second-order valence-electron chi connectivity index (χ2n) is 6.56. The molecule has 0 radical (unpaired) electrons. The highest BCUT2D eigenvalue weighted by molar-refractivity contribution is 5.95. The highest BCUT2D eigenvalue weighted by atomic mass is 16.5. The van der Waals surface area contributed by atoms with E-state index in [1.54, 1.807) is 13.8 Å². The lowest BCUT2D eigenvalue weighted by atomic mass is 10.1. The second-order valence-corrected chi connectivity index (χ2v) is 6.56. The second kappa shape index (κ2) is 8.76. The number of nitrogens with zero attached hydrogens (tertiary/aromatic N) is 3. The number of hydrogen-bond acceptors (Lipinski definition) is 6. The van der Waals surface area contributed by atoms with Crippen molar-refractivity contribution >= 4 is 17.5 Å². The molecule has 6 heteroatoms. The van der Waals surface area contributed by atoms with Crippen molar-refractivity contribution in [2.24, 2.45) is 0 Å². The number of likely N-dealkylation sites (tertiary alicyclic amines) is 1. The van der Waals surface area contributed by atoms with Crippen LogP contribution in [0.4, 0.5) is 11.5 Å².